The summed E-state index contributed by atoms with van der Waals surface area (Å²) >= 11 is 0. The van der Waals surface area contributed by atoms with E-state index in [4.69, 9.17) is 5.11 Å². The van der Waals surface area contributed by atoms with Crippen LogP contribution in [0.15, 0.2) is 24.9 Å². The van der Waals surface area contributed by atoms with Gasteiger partial charge in [-0.25, -0.2) is 4.98 Å². The first-order chi connectivity index (χ1) is 6.31. The van der Waals surface area contributed by atoms with E-state index in [9.17, 15) is 0 Å². The van der Waals surface area contributed by atoms with Crippen LogP contribution in [-0.2, 0) is 0 Å². The number of hydrogen-bond donors (Lipinski definition) is 1. The van der Waals surface area contributed by atoms with Crippen LogP contribution in [0.2, 0.25) is 0 Å². The first kappa shape index (κ1) is 8.26. The zero-order valence-corrected chi connectivity index (χ0v) is 7.35. The lowest BCUT2D eigenvalue weighted by Crippen LogP contribution is -2.51. The monoisotopic (exact) mass is 176 g/mol. The number of rotatable bonds is 2. The molecule has 0 unspecified atom stereocenters. The van der Waals surface area contributed by atoms with Gasteiger partial charge in [0.05, 0.1) is 6.10 Å². The molecule has 1 N–H and O–H groups in total. The summed E-state index contributed by atoms with van der Waals surface area (Å²) in [6.45, 7) is 5.08. The highest BCUT2D eigenvalue weighted by molar-refractivity contribution is 5.63. The third kappa shape index (κ3) is 1.42. The van der Waals surface area contributed by atoms with E-state index >= 15 is 0 Å². The minimum atomic E-state index is -0.195. The molecule has 1 saturated heterocycles. The fraction of sp³-hybridized carbons (Fsp3) is 0.300. The van der Waals surface area contributed by atoms with Gasteiger partial charge in [-0.15, -0.1) is 0 Å². The maximum absolute atomic E-state index is 9.15. The molecule has 3 nitrogen and oxygen atoms in total. The van der Waals surface area contributed by atoms with E-state index in [-0.39, 0.29) is 6.10 Å². The van der Waals surface area contributed by atoms with Crippen molar-refractivity contribution in [1.82, 2.24) is 4.98 Å². The van der Waals surface area contributed by atoms with Crippen LogP contribution in [0, 0.1) is 0 Å². The third-order valence-corrected chi connectivity index (χ3v) is 2.20. The second-order valence-corrected chi connectivity index (χ2v) is 3.18. The Morgan fingerprint density at radius 3 is 3.00 bits per heavy atom. The highest BCUT2D eigenvalue weighted by Gasteiger charge is 2.26. The van der Waals surface area contributed by atoms with Gasteiger partial charge in [0.1, 0.15) is 5.82 Å². The van der Waals surface area contributed by atoms with Crippen molar-refractivity contribution in [2.75, 3.05) is 18.0 Å². The van der Waals surface area contributed by atoms with Crippen molar-refractivity contribution in [3.05, 3.63) is 30.5 Å². The van der Waals surface area contributed by atoms with Crippen molar-refractivity contribution < 1.29 is 5.11 Å². The molecule has 0 bridgehead atoms. The van der Waals surface area contributed by atoms with Crippen LogP contribution in [0.1, 0.15) is 5.56 Å². The largest absolute Gasteiger partial charge is 0.389 e. The van der Waals surface area contributed by atoms with Crippen LogP contribution < -0.4 is 4.90 Å². The van der Waals surface area contributed by atoms with Crippen molar-refractivity contribution in [3.63, 3.8) is 0 Å². The quantitative estimate of drug-likeness (QED) is 0.727. The average Bonchev–Trinajstić information content (AvgIpc) is 2.13. The van der Waals surface area contributed by atoms with Gasteiger partial charge in [0, 0.05) is 24.8 Å². The number of anilines is 1. The summed E-state index contributed by atoms with van der Waals surface area (Å²) in [5, 5.41) is 9.15. The van der Waals surface area contributed by atoms with E-state index in [1.54, 1.807) is 12.3 Å². The maximum Gasteiger partial charge on any atom is 0.135 e. The molecule has 1 aromatic rings. The second kappa shape index (κ2) is 3.18. The minimum Gasteiger partial charge on any atom is -0.389 e. The Morgan fingerprint density at radius 1 is 1.62 bits per heavy atom. The number of β-amino-alcohol motifs (C(OH)–C–C–N with tert-alkyl or cyclic N) is 1. The van der Waals surface area contributed by atoms with Crippen molar-refractivity contribution in [3.8, 4) is 0 Å². The first-order valence-corrected chi connectivity index (χ1v) is 4.31. The highest BCUT2D eigenvalue weighted by Crippen LogP contribution is 2.22. The van der Waals surface area contributed by atoms with Crippen molar-refractivity contribution in [1.29, 1.82) is 0 Å². The molecule has 0 atom stereocenters. The van der Waals surface area contributed by atoms with Gasteiger partial charge in [0.15, 0.2) is 0 Å². The lowest BCUT2D eigenvalue weighted by Gasteiger charge is -2.37. The number of nitrogens with zero attached hydrogens (tertiary/aromatic N) is 2. The Labute approximate surface area is 77.3 Å². The summed E-state index contributed by atoms with van der Waals surface area (Å²) in [6.07, 6.45) is 3.35. The van der Waals surface area contributed by atoms with Gasteiger partial charge in [-0.05, 0) is 12.1 Å². The number of hydrogen-bond acceptors (Lipinski definition) is 3. The van der Waals surface area contributed by atoms with Crippen LogP contribution >= 0.6 is 0 Å². The van der Waals surface area contributed by atoms with Crippen LogP contribution in [0.3, 0.4) is 0 Å². The number of pyridine rings is 1. The summed E-state index contributed by atoms with van der Waals surface area (Å²) in [5.74, 6) is 0.919. The highest BCUT2D eigenvalue weighted by atomic mass is 16.3. The SMILES string of the molecule is C=Cc1cccnc1N1CC(O)C1. The zero-order chi connectivity index (χ0) is 9.26. The fourth-order valence-electron chi connectivity index (χ4n) is 1.46. The molecule has 13 heavy (non-hydrogen) atoms. The molecule has 0 amide bonds. The molecule has 0 saturated carbocycles. The standard InChI is InChI=1S/C10H12N2O/c1-2-8-4-3-5-11-10(8)12-6-9(13)7-12/h2-5,9,13H,1,6-7H2. The first-order valence-electron chi connectivity index (χ1n) is 4.31. The summed E-state index contributed by atoms with van der Waals surface area (Å²) in [5.41, 5.74) is 1.02. The Morgan fingerprint density at radius 2 is 2.38 bits per heavy atom. The van der Waals surface area contributed by atoms with Crippen molar-refractivity contribution >= 4 is 11.9 Å². The van der Waals surface area contributed by atoms with E-state index in [2.05, 4.69) is 11.6 Å². The van der Waals surface area contributed by atoms with Gasteiger partial charge < -0.3 is 10.0 Å². The average molecular weight is 176 g/mol. The molecule has 0 aromatic carbocycles. The zero-order valence-electron chi connectivity index (χ0n) is 7.35. The van der Waals surface area contributed by atoms with Gasteiger partial charge >= 0.3 is 0 Å². The fourth-order valence-corrected chi connectivity index (χ4v) is 1.46. The smallest absolute Gasteiger partial charge is 0.135 e. The molecule has 0 spiro atoms. The van der Waals surface area contributed by atoms with Crippen LogP contribution in [0.25, 0.3) is 6.08 Å². The molecule has 1 aliphatic heterocycles. The summed E-state index contributed by atoms with van der Waals surface area (Å²) in [7, 11) is 0. The normalized spacial score (nSPS) is 16.8. The number of aliphatic hydroxyl groups is 1. The molecule has 1 fully saturated rings. The van der Waals surface area contributed by atoms with Crippen molar-refractivity contribution in [2.24, 2.45) is 0 Å². The molecule has 0 radical (unpaired) electrons. The maximum atomic E-state index is 9.15. The predicted octanol–water partition coefficient (Wildman–Crippen LogP) is 0.905. The molecule has 2 heterocycles. The van der Waals surface area contributed by atoms with Crippen LogP contribution in [-0.4, -0.2) is 29.3 Å². The van der Waals surface area contributed by atoms with Gasteiger partial charge in [-0.1, -0.05) is 12.7 Å². The van der Waals surface area contributed by atoms with E-state index in [0.29, 0.717) is 13.1 Å². The molecule has 2 rings (SSSR count). The summed E-state index contributed by atoms with van der Waals surface area (Å²) < 4.78 is 0. The summed E-state index contributed by atoms with van der Waals surface area (Å²) in [6, 6.07) is 3.86. The molecule has 68 valence electrons. The molecule has 1 aliphatic rings. The molecular weight excluding hydrogens is 164 g/mol. The van der Waals surface area contributed by atoms with E-state index in [1.807, 2.05) is 17.0 Å². The molecule has 0 aliphatic carbocycles. The minimum absolute atomic E-state index is 0.195. The molecular formula is C10H12N2O. The van der Waals surface area contributed by atoms with E-state index in [0.717, 1.165) is 11.4 Å². The Bertz CT molecular complexity index is 318. The second-order valence-electron chi connectivity index (χ2n) is 3.18. The number of aliphatic hydroxyl groups excluding tert-OH is 1. The molecule has 1 aromatic heterocycles. The predicted molar refractivity (Wildman–Crippen MR) is 52.5 cm³/mol. The lowest BCUT2D eigenvalue weighted by molar-refractivity contribution is 0.141. The summed E-state index contributed by atoms with van der Waals surface area (Å²) in [4.78, 5) is 6.29. The number of aromatic nitrogens is 1. The Kier molecular flexibility index (Phi) is 2.02. The third-order valence-electron chi connectivity index (χ3n) is 2.20. The van der Waals surface area contributed by atoms with Gasteiger partial charge in [-0.3, -0.25) is 0 Å². The Hall–Kier alpha value is -1.35. The molecule has 3 heteroatoms. The lowest BCUT2D eigenvalue weighted by atomic mass is 10.1. The topological polar surface area (TPSA) is 36.4 Å². The van der Waals surface area contributed by atoms with E-state index < -0.39 is 0 Å². The van der Waals surface area contributed by atoms with Gasteiger partial charge in [-0.2, -0.15) is 0 Å². The van der Waals surface area contributed by atoms with Crippen LogP contribution in [0.4, 0.5) is 5.82 Å². The van der Waals surface area contributed by atoms with Gasteiger partial charge in [0.2, 0.25) is 0 Å². The van der Waals surface area contributed by atoms with Crippen molar-refractivity contribution in [2.45, 2.75) is 6.10 Å². The van der Waals surface area contributed by atoms with Gasteiger partial charge in [0.25, 0.3) is 0 Å². The van der Waals surface area contributed by atoms with E-state index in [1.165, 1.54) is 0 Å². The Balaban J connectivity index is 2.24. The van der Waals surface area contributed by atoms with Crippen LogP contribution in [0.5, 0.6) is 0 Å².